The Balaban J connectivity index is 1.95. The summed E-state index contributed by atoms with van der Waals surface area (Å²) in [7, 11) is 0. The largest absolute Gasteiger partial charge is 0.488 e. The van der Waals surface area contributed by atoms with E-state index in [1.165, 1.54) is 0 Å². The van der Waals surface area contributed by atoms with Crippen molar-refractivity contribution in [1.82, 2.24) is 0 Å². The lowest BCUT2D eigenvalue weighted by atomic mass is 10.0. The van der Waals surface area contributed by atoms with E-state index in [1.54, 1.807) is 0 Å². The summed E-state index contributed by atoms with van der Waals surface area (Å²) in [4.78, 5) is 10.8. The lowest BCUT2D eigenvalue weighted by Crippen LogP contribution is -1.98. The van der Waals surface area contributed by atoms with Crippen LogP contribution in [0.3, 0.4) is 0 Å². The SMILES string of the molecule is O=C[C@@H](Br)c1ccc(OCc2ccccc2)c2ccccc12. The molecule has 3 aromatic carbocycles. The average molecular weight is 355 g/mol. The molecule has 3 rings (SSSR count). The monoisotopic (exact) mass is 354 g/mol. The zero-order valence-corrected chi connectivity index (χ0v) is 13.5. The minimum Gasteiger partial charge on any atom is -0.488 e. The molecular formula is C19H15BrO2. The van der Waals surface area contributed by atoms with E-state index in [-0.39, 0.29) is 4.83 Å². The summed E-state index contributed by atoms with van der Waals surface area (Å²) in [6.07, 6.45) is 0.895. The first-order valence-electron chi connectivity index (χ1n) is 7.07. The molecule has 0 heterocycles. The Bertz CT molecular complexity index is 784. The predicted octanol–water partition coefficient (Wildman–Crippen LogP) is 5.05. The zero-order valence-electron chi connectivity index (χ0n) is 11.9. The summed E-state index contributed by atoms with van der Waals surface area (Å²) in [5.41, 5.74) is 2.08. The van der Waals surface area contributed by atoms with Crippen molar-refractivity contribution in [3.8, 4) is 5.75 Å². The van der Waals surface area contributed by atoms with Crippen LogP contribution in [0.1, 0.15) is 16.0 Å². The number of hydrogen-bond acceptors (Lipinski definition) is 2. The van der Waals surface area contributed by atoms with Gasteiger partial charge >= 0.3 is 0 Å². The van der Waals surface area contributed by atoms with Gasteiger partial charge in [-0.25, -0.2) is 0 Å². The predicted molar refractivity (Wildman–Crippen MR) is 92.5 cm³/mol. The van der Waals surface area contributed by atoms with Crippen LogP contribution >= 0.6 is 15.9 Å². The highest BCUT2D eigenvalue weighted by molar-refractivity contribution is 9.09. The van der Waals surface area contributed by atoms with Crippen molar-refractivity contribution in [1.29, 1.82) is 0 Å². The Labute approximate surface area is 137 Å². The van der Waals surface area contributed by atoms with Crippen molar-refractivity contribution < 1.29 is 9.53 Å². The third kappa shape index (κ3) is 3.04. The van der Waals surface area contributed by atoms with Gasteiger partial charge < -0.3 is 9.53 Å². The number of rotatable bonds is 5. The Morgan fingerprint density at radius 3 is 2.32 bits per heavy atom. The van der Waals surface area contributed by atoms with Gasteiger partial charge in [-0.1, -0.05) is 76.6 Å². The minimum absolute atomic E-state index is 0.305. The van der Waals surface area contributed by atoms with Crippen LogP contribution in [0.4, 0.5) is 0 Å². The highest BCUT2D eigenvalue weighted by Crippen LogP contribution is 2.34. The normalized spacial score (nSPS) is 12.0. The quantitative estimate of drug-likeness (QED) is 0.473. The second-order valence-electron chi connectivity index (χ2n) is 5.01. The number of carbonyl (C=O) groups excluding carboxylic acids is 1. The van der Waals surface area contributed by atoms with Crippen LogP contribution < -0.4 is 4.74 Å². The number of carbonyl (C=O) groups is 1. The van der Waals surface area contributed by atoms with Gasteiger partial charge in [-0.3, -0.25) is 0 Å². The molecule has 22 heavy (non-hydrogen) atoms. The van der Waals surface area contributed by atoms with Crippen LogP contribution in [0.2, 0.25) is 0 Å². The van der Waals surface area contributed by atoms with Crippen molar-refractivity contribution in [2.24, 2.45) is 0 Å². The number of benzene rings is 3. The van der Waals surface area contributed by atoms with Crippen molar-refractivity contribution >= 4 is 33.0 Å². The molecule has 0 radical (unpaired) electrons. The van der Waals surface area contributed by atoms with Gasteiger partial charge in [0.15, 0.2) is 0 Å². The van der Waals surface area contributed by atoms with Crippen molar-refractivity contribution in [2.75, 3.05) is 0 Å². The standard InChI is InChI=1S/C19H15BrO2/c20-18(12-21)16-10-11-19(17-9-5-4-8-15(16)17)22-13-14-6-2-1-3-7-14/h1-12,18H,13H2/t18-/m1/s1. The van der Waals surface area contributed by atoms with E-state index in [2.05, 4.69) is 15.9 Å². The number of ether oxygens (including phenoxy) is 1. The number of halogens is 1. The molecule has 0 spiro atoms. The Morgan fingerprint density at radius 2 is 1.59 bits per heavy atom. The van der Waals surface area contributed by atoms with Crippen LogP contribution in [0.5, 0.6) is 5.75 Å². The second-order valence-corrected chi connectivity index (χ2v) is 6.00. The number of alkyl halides is 1. The summed E-state index contributed by atoms with van der Waals surface area (Å²) in [5.74, 6) is 0.828. The molecule has 110 valence electrons. The van der Waals surface area contributed by atoms with Crippen molar-refractivity contribution in [2.45, 2.75) is 11.4 Å². The van der Waals surface area contributed by atoms with Crippen LogP contribution in [-0.2, 0) is 11.4 Å². The molecule has 1 atom stereocenters. The van der Waals surface area contributed by atoms with Crippen LogP contribution in [-0.4, -0.2) is 6.29 Å². The summed E-state index contributed by atoms with van der Waals surface area (Å²) >= 11 is 3.40. The van der Waals surface area contributed by atoms with E-state index in [1.807, 2.05) is 66.7 Å². The lowest BCUT2D eigenvalue weighted by molar-refractivity contribution is -0.107. The first kappa shape index (κ1) is 14.8. The van der Waals surface area contributed by atoms with Gasteiger partial charge in [0.2, 0.25) is 0 Å². The first-order chi connectivity index (χ1) is 10.8. The molecule has 0 amide bonds. The highest BCUT2D eigenvalue weighted by Gasteiger charge is 2.12. The maximum Gasteiger partial charge on any atom is 0.138 e. The van der Waals surface area contributed by atoms with Crippen molar-refractivity contribution in [3.05, 3.63) is 77.9 Å². The fourth-order valence-corrected chi connectivity index (χ4v) is 2.87. The summed E-state index contributed by atoms with van der Waals surface area (Å²) in [6.45, 7) is 0.523. The summed E-state index contributed by atoms with van der Waals surface area (Å²) in [5, 5.41) is 2.05. The molecule has 0 aromatic heterocycles. The number of fused-ring (bicyclic) bond motifs is 1. The molecule has 0 fully saturated rings. The van der Waals surface area contributed by atoms with Gasteiger partial charge in [0.05, 0.1) is 4.83 Å². The third-order valence-corrected chi connectivity index (χ3v) is 4.28. The molecule has 3 heteroatoms. The first-order valence-corrected chi connectivity index (χ1v) is 7.99. The summed E-state index contributed by atoms with van der Waals surface area (Å²) < 4.78 is 5.97. The number of aldehydes is 1. The maximum absolute atomic E-state index is 11.1. The van der Waals surface area contributed by atoms with E-state index in [0.29, 0.717) is 6.61 Å². The van der Waals surface area contributed by atoms with Crippen LogP contribution in [0.25, 0.3) is 10.8 Å². The smallest absolute Gasteiger partial charge is 0.138 e. The Hall–Kier alpha value is -2.13. The molecule has 0 bridgehead atoms. The summed E-state index contributed by atoms with van der Waals surface area (Å²) in [6, 6.07) is 21.9. The van der Waals surface area contributed by atoms with E-state index in [0.717, 1.165) is 33.9 Å². The minimum atomic E-state index is -0.305. The van der Waals surface area contributed by atoms with Gasteiger partial charge in [0, 0.05) is 5.39 Å². The number of hydrogen-bond donors (Lipinski definition) is 0. The van der Waals surface area contributed by atoms with E-state index >= 15 is 0 Å². The Kier molecular flexibility index (Phi) is 4.54. The average Bonchev–Trinajstić information content (AvgIpc) is 2.60. The molecule has 0 saturated carbocycles. The fourth-order valence-electron chi connectivity index (χ4n) is 2.47. The molecule has 3 aromatic rings. The maximum atomic E-state index is 11.1. The van der Waals surface area contributed by atoms with Crippen LogP contribution in [0.15, 0.2) is 66.7 Å². The highest BCUT2D eigenvalue weighted by atomic mass is 79.9. The second kappa shape index (κ2) is 6.75. The molecule has 0 saturated heterocycles. The van der Waals surface area contributed by atoms with Crippen LogP contribution in [0, 0.1) is 0 Å². The third-order valence-electron chi connectivity index (χ3n) is 3.57. The van der Waals surface area contributed by atoms with E-state index in [9.17, 15) is 4.79 Å². The fraction of sp³-hybridized carbons (Fsp3) is 0.105. The van der Waals surface area contributed by atoms with Gasteiger partial charge in [0.25, 0.3) is 0 Å². The van der Waals surface area contributed by atoms with Gasteiger partial charge in [-0.2, -0.15) is 0 Å². The molecule has 0 N–H and O–H groups in total. The molecular weight excluding hydrogens is 340 g/mol. The zero-order chi connectivity index (χ0) is 15.4. The molecule has 0 aliphatic heterocycles. The van der Waals surface area contributed by atoms with Gasteiger partial charge in [-0.15, -0.1) is 0 Å². The van der Waals surface area contributed by atoms with Crippen molar-refractivity contribution in [3.63, 3.8) is 0 Å². The van der Waals surface area contributed by atoms with Gasteiger partial charge in [-0.05, 0) is 22.6 Å². The molecule has 0 aliphatic carbocycles. The topological polar surface area (TPSA) is 26.3 Å². The van der Waals surface area contributed by atoms with E-state index in [4.69, 9.17) is 4.74 Å². The van der Waals surface area contributed by atoms with E-state index < -0.39 is 0 Å². The lowest BCUT2D eigenvalue weighted by Gasteiger charge is -2.13. The molecule has 0 unspecified atom stereocenters. The Morgan fingerprint density at radius 1 is 0.909 bits per heavy atom. The molecule has 0 aliphatic rings. The molecule has 2 nitrogen and oxygen atoms in total. The van der Waals surface area contributed by atoms with Gasteiger partial charge in [0.1, 0.15) is 18.6 Å².